The summed E-state index contributed by atoms with van der Waals surface area (Å²) in [5, 5.41) is 0. The summed E-state index contributed by atoms with van der Waals surface area (Å²) >= 11 is 1.32. The van der Waals surface area contributed by atoms with Crippen molar-refractivity contribution in [3.63, 3.8) is 0 Å². The molecule has 0 aromatic heterocycles. The molecule has 0 aromatic rings. The summed E-state index contributed by atoms with van der Waals surface area (Å²) in [6.07, 6.45) is 16.0. The first-order valence-electron chi connectivity index (χ1n) is 6.06. The molecule has 0 heterocycles. The van der Waals surface area contributed by atoms with Crippen LogP contribution in [0.4, 0.5) is 0 Å². The fourth-order valence-electron chi connectivity index (χ4n) is 1.50. The minimum atomic E-state index is 1.32. The quantitative estimate of drug-likeness (QED) is 0.289. The fraction of sp³-hybridized carbons (Fsp3) is 0.833. The molecule has 1 heteroatoms. The van der Waals surface area contributed by atoms with Crippen molar-refractivity contribution in [3.8, 4) is 0 Å². The molecule has 0 bridgehead atoms. The first-order chi connectivity index (χ1) is 6.41. The Morgan fingerprint density at radius 3 is 2.08 bits per heavy atom. The zero-order valence-corrected chi connectivity index (χ0v) is 11.5. The van der Waals surface area contributed by atoms with Gasteiger partial charge in [0.2, 0.25) is 0 Å². The summed E-state index contributed by atoms with van der Waals surface area (Å²) in [6.45, 7) is 2.28. The summed E-state index contributed by atoms with van der Waals surface area (Å²) in [5.41, 5.74) is 0. The monoisotopic (exact) mass is 190 g/mol. The third kappa shape index (κ3) is 12.7. The molecule has 72 valence electrons. The Morgan fingerprint density at radius 1 is 0.846 bits per heavy atom. The molecule has 0 unspecified atom stereocenters. The SMILES string of the molecule is CCCCCCCCCC=C[CH2][Na]. The third-order valence-electron chi connectivity index (χ3n) is 2.38. The van der Waals surface area contributed by atoms with Crippen LogP contribution in [0.25, 0.3) is 0 Å². The molecule has 0 radical (unpaired) electrons. The molecule has 0 aliphatic rings. The van der Waals surface area contributed by atoms with Crippen LogP contribution in [0.15, 0.2) is 12.2 Å². The summed E-state index contributed by atoms with van der Waals surface area (Å²) in [6, 6.07) is 0. The Bertz CT molecular complexity index is 108. The van der Waals surface area contributed by atoms with E-state index in [0.717, 1.165) is 0 Å². The van der Waals surface area contributed by atoms with Crippen molar-refractivity contribution in [3.05, 3.63) is 12.2 Å². The summed E-state index contributed by atoms with van der Waals surface area (Å²) in [7, 11) is 0. The first kappa shape index (κ1) is 13.7. The second-order valence-corrected chi connectivity index (χ2v) is 4.61. The second-order valence-electron chi connectivity index (χ2n) is 3.79. The van der Waals surface area contributed by atoms with Gasteiger partial charge in [-0.3, -0.25) is 0 Å². The van der Waals surface area contributed by atoms with Crippen molar-refractivity contribution in [2.75, 3.05) is 0 Å². The van der Waals surface area contributed by atoms with Gasteiger partial charge in [0.15, 0.2) is 0 Å². The molecule has 0 aromatic carbocycles. The van der Waals surface area contributed by atoms with Gasteiger partial charge in [-0.2, -0.15) is 0 Å². The van der Waals surface area contributed by atoms with E-state index in [2.05, 4.69) is 19.1 Å². The van der Waals surface area contributed by atoms with Gasteiger partial charge in [0.1, 0.15) is 0 Å². The number of allylic oxidation sites excluding steroid dienone is 2. The Labute approximate surface area is 102 Å². The number of unbranched alkanes of at least 4 members (excludes halogenated alkanes) is 7. The zero-order valence-electron chi connectivity index (χ0n) is 9.52. The van der Waals surface area contributed by atoms with E-state index in [0.29, 0.717) is 0 Å². The molecule has 0 spiro atoms. The summed E-state index contributed by atoms with van der Waals surface area (Å²) in [4.78, 5) is 0. The van der Waals surface area contributed by atoms with Crippen LogP contribution in [-0.2, 0) is 0 Å². The van der Waals surface area contributed by atoms with Crippen LogP contribution in [0.2, 0.25) is 3.67 Å². The van der Waals surface area contributed by atoms with Gasteiger partial charge < -0.3 is 0 Å². The van der Waals surface area contributed by atoms with Crippen LogP contribution in [0.3, 0.4) is 0 Å². The molecule has 13 heavy (non-hydrogen) atoms. The number of hydrogen-bond acceptors (Lipinski definition) is 0. The Kier molecular flexibility index (Phi) is 13.5. The Balaban J connectivity index is 2.87. The van der Waals surface area contributed by atoms with Gasteiger partial charge in [-0.1, -0.05) is 0 Å². The molecule has 0 nitrogen and oxygen atoms in total. The maximum atomic E-state index is 2.36. The van der Waals surface area contributed by atoms with Crippen molar-refractivity contribution >= 4 is 27.9 Å². The number of hydrogen-bond donors (Lipinski definition) is 0. The molecular formula is C12H23Na. The predicted molar refractivity (Wildman–Crippen MR) is 62.3 cm³/mol. The molecule has 0 fully saturated rings. The van der Waals surface area contributed by atoms with Crippen molar-refractivity contribution in [2.45, 2.75) is 62.0 Å². The van der Waals surface area contributed by atoms with Crippen molar-refractivity contribution in [2.24, 2.45) is 0 Å². The van der Waals surface area contributed by atoms with Crippen molar-refractivity contribution < 1.29 is 0 Å². The van der Waals surface area contributed by atoms with Gasteiger partial charge in [0, 0.05) is 0 Å². The van der Waals surface area contributed by atoms with E-state index in [-0.39, 0.29) is 0 Å². The van der Waals surface area contributed by atoms with E-state index >= 15 is 0 Å². The summed E-state index contributed by atoms with van der Waals surface area (Å²) < 4.78 is 1.33. The topological polar surface area (TPSA) is 0 Å². The molecule has 0 amide bonds. The zero-order chi connectivity index (χ0) is 9.78. The van der Waals surface area contributed by atoms with Crippen LogP contribution in [0, 0.1) is 0 Å². The normalized spacial score (nSPS) is 11.3. The van der Waals surface area contributed by atoms with Crippen LogP contribution in [0.5, 0.6) is 0 Å². The van der Waals surface area contributed by atoms with E-state index in [9.17, 15) is 0 Å². The average molecular weight is 190 g/mol. The van der Waals surface area contributed by atoms with Crippen LogP contribution in [0.1, 0.15) is 58.3 Å². The molecular weight excluding hydrogens is 167 g/mol. The average Bonchev–Trinajstić information content (AvgIpc) is 2.16. The van der Waals surface area contributed by atoms with E-state index in [1.165, 1.54) is 83.0 Å². The second kappa shape index (κ2) is 12.7. The van der Waals surface area contributed by atoms with Gasteiger partial charge in [-0.05, 0) is 0 Å². The van der Waals surface area contributed by atoms with Crippen LogP contribution >= 0.6 is 0 Å². The molecule has 0 N–H and O–H groups in total. The summed E-state index contributed by atoms with van der Waals surface area (Å²) in [5.74, 6) is 0. The molecule has 0 rings (SSSR count). The van der Waals surface area contributed by atoms with E-state index in [1.807, 2.05) is 0 Å². The molecule has 0 saturated heterocycles. The van der Waals surface area contributed by atoms with Crippen LogP contribution in [-0.4, -0.2) is 27.9 Å². The van der Waals surface area contributed by atoms with E-state index in [1.54, 1.807) is 0 Å². The Hall–Kier alpha value is 0.740. The van der Waals surface area contributed by atoms with Crippen molar-refractivity contribution in [1.29, 1.82) is 0 Å². The fourth-order valence-corrected chi connectivity index (χ4v) is 1.84. The van der Waals surface area contributed by atoms with Gasteiger partial charge in [-0.25, -0.2) is 0 Å². The van der Waals surface area contributed by atoms with E-state index in [4.69, 9.17) is 0 Å². The minimum absolute atomic E-state index is 1.32. The molecule has 0 aliphatic carbocycles. The van der Waals surface area contributed by atoms with Gasteiger partial charge in [0.25, 0.3) is 0 Å². The third-order valence-corrected chi connectivity index (χ3v) is 2.85. The van der Waals surface area contributed by atoms with Gasteiger partial charge in [0.05, 0.1) is 0 Å². The molecule has 0 atom stereocenters. The van der Waals surface area contributed by atoms with Gasteiger partial charge in [-0.15, -0.1) is 0 Å². The standard InChI is InChI=1S/C12H23.Na/c1-3-5-7-9-11-12-10-8-6-4-2;/h3,5H,1,4,6-12H2,2H3;. The van der Waals surface area contributed by atoms with E-state index < -0.39 is 0 Å². The number of rotatable bonds is 9. The first-order valence-corrected chi connectivity index (χ1v) is 7.48. The predicted octanol–water partition coefficient (Wildman–Crippen LogP) is 4.27. The van der Waals surface area contributed by atoms with Crippen LogP contribution < -0.4 is 0 Å². The molecule has 0 aliphatic heterocycles. The van der Waals surface area contributed by atoms with Gasteiger partial charge >= 0.3 is 102 Å². The molecule has 0 saturated carbocycles. The Morgan fingerprint density at radius 2 is 1.46 bits per heavy atom. The maximum absolute atomic E-state index is 2.36. The van der Waals surface area contributed by atoms with Crippen molar-refractivity contribution in [1.82, 2.24) is 0 Å².